The fraction of sp³-hybridized carbons (Fsp3) is 0.167. The van der Waals surface area contributed by atoms with Crippen molar-refractivity contribution in [2.75, 3.05) is 7.11 Å². The van der Waals surface area contributed by atoms with Gasteiger partial charge < -0.3 is 9.72 Å². The molecule has 3 aromatic heterocycles. The second kappa shape index (κ2) is 6.13. The lowest BCUT2D eigenvalue weighted by Gasteiger charge is -2.13. The second-order valence-corrected chi connectivity index (χ2v) is 7.36. The first kappa shape index (κ1) is 16.1. The number of aromatic amines is 1. The Morgan fingerprint density at radius 1 is 1.16 bits per heavy atom. The van der Waals surface area contributed by atoms with Gasteiger partial charge in [0, 0.05) is 11.8 Å². The molecule has 0 unspecified atom stereocenters. The maximum atomic E-state index is 5.92. The molecule has 0 spiro atoms. The van der Waals surface area contributed by atoms with Gasteiger partial charge in [0.05, 0.1) is 23.7 Å². The number of fused-ring (bicyclic) bond motifs is 1. The smallest absolute Gasteiger partial charge is 0.184 e. The van der Waals surface area contributed by atoms with Crippen molar-refractivity contribution in [3.8, 4) is 27.6 Å². The van der Waals surface area contributed by atoms with E-state index in [2.05, 4.69) is 45.9 Å². The lowest BCUT2D eigenvalue weighted by atomic mass is 9.96. The van der Waals surface area contributed by atoms with Crippen LogP contribution in [0.15, 0.2) is 30.6 Å². The topological polar surface area (TPSA) is 63.7 Å². The molecular weight excluding hydrogens is 356 g/mol. The average Bonchev–Trinajstić information content (AvgIpc) is 3.20. The highest BCUT2D eigenvalue weighted by atomic mass is 35.5. The number of imidazole rings is 1. The number of H-pyrrole nitrogens is 1. The molecule has 1 N–H and O–H groups in total. The SMILES string of the molecule is COc1ccc(C)c(-c2cnc3nc(-c4cnc(Cl)s4)[nH]c3c2)c1C. The lowest BCUT2D eigenvalue weighted by Crippen LogP contribution is -1.94. The van der Waals surface area contributed by atoms with E-state index in [0.717, 1.165) is 38.7 Å². The molecule has 0 saturated heterocycles. The van der Waals surface area contributed by atoms with E-state index < -0.39 is 0 Å². The molecule has 0 atom stereocenters. The number of benzene rings is 1. The second-order valence-electron chi connectivity index (χ2n) is 5.74. The number of aromatic nitrogens is 4. The van der Waals surface area contributed by atoms with Crippen LogP contribution in [0.25, 0.3) is 33.0 Å². The predicted molar refractivity (Wildman–Crippen MR) is 101 cm³/mol. The summed E-state index contributed by atoms with van der Waals surface area (Å²) in [4.78, 5) is 17.3. The summed E-state index contributed by atoms with van der Waals surface area (Å²) >= 11 is 7.30. The van der Waals surface area contributed by atoms with Crippen molar-refractivity contribution in [1.29, 1.82) is 0 Å². The highest BCUT2D eigenvalue weighted by Crippen LogP contribution is 2.34. The standard InChI is InChI=1S/C18H15ClN4OS/c1-9-4-5-13(24-3)10(2)15(9)11-6-12-16(20-7-11)23-17(22-12)14-8-21-18(19)25-14/h4-8H,1-3H3,(H,20,22,23). The molecule has 0 aliphatic carbocycles. The van der Waals surface area contributed by atoms with Gasteiger partial charge in [0.25, 0.3) is 0 Å². The summed E-state index contributed by atoms with van der Waals surface area (Å²) in [5.41, 5.74) is 5.97. The Bertz CT molecular complexity index is 1090. The zero-order chi connectivity index (χ0) is 17.6. The quantitative estimate of drug-likeness (QED) is 0.549. The van der Waals surface area contributed by atoms with E-state index in [1.807, 2.05) is 12.3 Å². The summed E-state index contributed by atoms with van der Waals surface area (Å²) in [7, 11) is 1.68. The number of rotatable bonds is 3. The van der Waals surface area contributed by atoms with Gasteiger partial charge in [-0.15, -0.1) is 0 Å². The Hall–Kier alpha value is -2.44. The largest absolute Gasteiger partial charge is 0.496 e. The number of methoxy groups -OCH3 is 1. The van der Waals surface area contributed by atoms with Crippen LogP contribution >= 0.6 is 22.9 Å². The van der Waals surface area contributed by atoms with Gasteiger partial charge in [-0.3, -0.25) is 0 Å². The number of hydrogen-bond acceptors (Lipinski definition) is 5. The highest BCUT2D eigenvalue weighted by molar-refractivity contribution is 7.18. The van der Waals surface area contributed by atoms with Gasteiger partial charge in [-0.1, -0.05) is 29.0 Å². The fourth-order valence-corrected chi connectivity index (χ4v) is 3.89. The Labute approximate surface area is 153 Å². The molecule has 3 heterocycles. The Kier molecular flexibility index (Phi) is 3.94. The monoisotopic (exact) mass is 370 g/mol. The van der Waals surface area contributed by atoms with Gasteiger partial charge in [-0.05, 0) is 42.7 Å². The van der Waals surface area contributed by atoms with E-state index >= 15 is 0 Å². The number of aryl methyl sites for hydroxylation is 1. The molecule has 4 aromatic rings. The van der Waals surface area contributed by atoms with Crippen molar-refractivity contribution < 1.29 is 4.74 Å². The van der Waals surface area contributed by atoms with E-state index in [1.54, 1.807) is 13.3 Å². The summed E-state index contributed by atoms with van der Waals surface area (Å²) in [5.74, 6) is 1.59. The maximum absolute atomic E-state index is 5.92. The van der Waals surface area contributed by atoms with Crippen LogP contribution in [0.3, 0.4) is 0 Å². The number of pyridine rings is 1. The summed E-state index contributed by atoms with van der Waals surface area (Å²) in [6, 6.07) is 6.11. The number of halogens is 1. The Morgan fingerprint density at radius 2 is 2.00 bits per heavy atom. The van der Waals surface area contributed by atoms with Gasteiger partial charge in [-0.25, -0.2) is 15.0 Å². The van der Waals surface area contributed by atoms with Crippen molar-refractivity contribution in [3.63, 3.8) is 0 Å². The summed E-state index contributed by atoms with van der Waals surface area (Å²) < 4.78 is 5.95. The van der Waals surface area contributed by atoms with Crippen molar-refractivity contribution in [1.82, 2.24) is 19.9 Å². The first-order chi connectivity index (χ1) is 12.1. The normalized spacial score (nSPS) is 11.2. The molecule has 1 aromatic carbocycles. The van der Waals surface area contributed by atoms with Crippen LogP contribution in [0.5, 0.6) is 5.75 Å². The molecule has 0 amide bonds. The van der Waals surface area contributed by atoms with Crippen molar-refractivity contribution in [2.45, 2.75) is 13.8 Å². The molecule has 0 fully saturated rings. The third-order valence-corrected chi connectivity index (χ3v) is 5.30. The molecule has 4 rings (SSSR count). The molecule has 7 heteroatoms. The molecule has 126 valence electrons. The summed E-state index contributed by atoms with van der Waals surface area (Å²) in [5, 5.41) is 0. The first-order valence-corrected chi connectivity index (χ1v) is 8.88. The minimum atomic E-state index is 0.492. The molecule has 0 aliphatic heterocycles. The summed E-state index contributed by atoms with van der Waals surface area (Å²) in [6.07, 6.45) is 3.56. The van der Waals surface area contributed by atoms with E-state index in [1.165, 1.54) is 16.9 Å². The number of nitrogens with zero attached hydrogens (tertiary/aromatic N) is 3. The van der Waals surface area contributed by atoms with Crippen LogP contribution in [0.4, 0.5) is 0 Å². The van der Waals surface area contributed by atoms with Crippen LogP contribution in [0.1, 0.15) is 11.1 Å². The van der Waals surface area contributed by atoms with Crippen LogP contribution < -0.4 is 4.74 Å². The number of nitrogens with one attached hydrogen (secondary N) is 1. The van der Waals surface area contributed by atoms with Gasteiger partial charge in [-0.2, -0.15) is 0 Å². The van der Waals surface area contributed by atoms with Crippen molar-refractivity contribution in [3.05, 3.63) is 46.2 Å². The molecular formula is C18H15ClN4OS. The van der Waals surface area contributed by atoms with E-state index in [4.69, 9.17) is 16.3 Å². The molecule has 0 bridgehead atoms. The van der Waals surface area contributed by atoms with Gasteiger partial charge in [0.1, 0.15) is 5.75 Å². The molecule has 0 saturated carbocycles. The van der Waals surface area contributed by atoms with Crippen LogP contribution in [0.2, 0.25) is 4.47 Å². The molecule has 5 nitrogen and oxygen atoms in total. The van der Waals surface area contributed by atoms with Crippen molar-refractivity contribution in [2.24, 2.45) is 0 Å². The molecule has 25 heavy (non-hydrogen) atoms. The Morgan fingerprint density at radius 3 is 2.72 bits per heavy atom. The summed E-state index contributed by atoms with van der Waals surface area (Å²) in [6.45, 7) is 4.15. The molecule has 0 radical (unpaired) electrons. The van der Waals surface area contributed by atoms with Crippen LogP contribution in [0, 0.1) is 13.8 Å². The zero-order valence-corrected chi connectivity index (χ0v) is 15.5. The third-order valence-electron chi connectivity index (χ3n) is 4.18. The molecule has 0 aliphatic rings. The van der Waals surface area contributed by atoms with E-state index in [-0.39, 0.29) is 0 Å². The zero-order valence-electron chi connectivity index (χ0n) is 13.9. The minimum Gasteiger partial charge on any atom is -0.496 e. The fourth-order valence-electron chi connectivity index (χ4n) is 3.01. The van der Waals surface area contributed by atoms with Crippen LogP contribution in [-0.2, 0) is 0 Å². The Balaban J connectivity index is 1.85. The van der Waals surface area contributed by atoms with E-state index in [0.29, 0.717) is 10.1 Å². The van der Waals surface area contributed by atoms with Crippen LogP contribution in [-0.4, -0.2) is 27.0 Å². The van der Waals surface area contributed by atoms with Gasteiger partial charge in [0.2, 0.25) is 0 Å². The highest BCUT2D eigenvalue weighted by Gasteiger charge is 2.14. The first-order valence-electron chi connectivity index (χ1n) is 7.69. The minimum absolute atomic E-state index is 0.492. The predicted octanol–water partition coefficient (Wildman–Crippen LogP) is 5.03. The third kappa shape index (κ3) is 2.77. The number of thiazole rings is 1. The average molecular weight is 371 g/mol. The van der Waals surface area contributed by atoms with Crippen molar-refractivity contribution >= 4 is 34.1 Å². The number of hydrogen-bond donors (Lipinski definition) is 1. The van der Waals surface area contributed by atoms with E-state index in [9.17, 15) is 0 Å². The van der Waals surface area contributed by atoms with Gasteiger partial charge >= 0.3 is 0 Å². The van der Waals surface area contributed by atoms with Gasteiger partial charge in [0.15, 0.2) is 15.9 Å². The maximum Gasteiger partial charge on any atom is 0.184 e. The number of ether oxygens (including phenoxy) is 1. The lowest BCUT2D eigenvalue weighted by molar-refractivity contribution is 0.412.